The molecule has 1 saturated heterocycles. The van der Waals surface area contributed by atoms with E-state index in [4.69, 9.17) is 0 Å². The van der Waals surface area contributed by atoms with Gasteiger partial charge in [-0.3, -0.25) is 14.5 Å². The fourth-order valence-corrected chi connectivity index (χ4v) is 4.29. The second-order valence-electron chi connectivity index (χ2n) is 8.11. The molecular formula is C20H24FN7O3. The van der Waals surface area contributed by atoms with E-state index < -0.39 is 29.8 Å². The van der Waals surface area contributed by atoms with Gasteiger partial charge in [0.1, 0.15) is 23.6 Å². The summed E-state index contributed by atoms with van der Waals surface area (Å²) < 4.78 is 15.4. The molecule has 1 aromatic carbocycles. The highest BCUT2D eigenvalue weighted by Gasteiger charge is 2.52. The lowest BCUT2D eigenvalue weighted by molar-refractivity contribution is -0.135. The summed E-state index contributed by atoms with van der Waals surface area (Å²) in [5.41, 5.74) is -0.535. The van der Waals surface area contributed by atoms with Gasteiger partial charge in [0.2, 0.25) is 5.91 Å². The summed E-state index contributed by atoms with van der Waals surface area (Å²) in [7, 11) is 0. The van der Waals surface area contributed by atoms with Gasteiger partial charge in [-0.25, -0.2) is 9.18 Å². The molecule has 2 aromatic rings. The highest BCUT2D eigenvalue weighted by atomic mass is 19.1. The predicted octanol–water partition coefficient (Wildman–Crippen LogP) is 1.94. The molecule has 2 fully saturated rings. The SMILES string of the molecule is CCC1CCC2(CC1)NC(=O)N(CC(=O)Nc1ccc(F)c(-n3nnnc3C)c1)C2=O. The Morgan fingerprint density at radius 3 is 2.71 bits per heavy atom. The van der Waals surface area contributed by atoms with Crippen LogP contribution in [-0.4, -0.2) is 55.0 Å². The zero-order valence-corrected chi connectivity index (χ0v) is 17.4. The summed E-state index contributed by atoms with van der Waals surface area (Å²) in [5.74, 6) is -0.541. The smallest absolute Gasteiger partial charge is 0.324 e. The molecule has 11 heteroatoms. The van der Waals surface area contributed by atoms with Crippen LogP contribution >= 0.6 is 0 Å². The third-order valence-electron chi connectivity index (χ3n) is 6.17. The average molecular weight is 429 g/mol. The van der Waals surface area contributed by atoms with Crippen LogP contribution in [0.4, 0.5) is 14.9 Å². The molecule has 0 radical (unpaired) electrons. The maximum Gasteiger partial charge on any atom is 0.325 e. The molecule has 1 saturated carbocycles. The van der Waals surface area contributed by atoms with Gasteiger partial charge in [0.05, 0.1) is 0 Å². The molecule has 1 aliphatic heterocycles. The number of anilines is 1. The van der Waals surface area contributed by atoms with Crippen LogP contribution in [0.3, 0.4) is 0 Å². The first-order chi connectivity index (χ1) is 14.8. The van der Waals surface area contributed by atoms with Crippen LogP contribution in [0, 0.1) is 18.7 Å². The first-order valence-corrected chi connectivity index (χ1v) is 10.3. The summed E-state index contributed by atoms with van der Waals surface area (Å²) in [6.07, 6.45) is 3.96. The van der Waals surface area contributed by atoms with E-state index in [9.17, 15) is 18.8 Å². The zero-order chi connectivity index (χ0) is 22.2. The molecule has 1 aromatic heterocycles. The number of benzene rings is 1. The summed E-state index contributed by atoms with van der Waals surface area (Å²) >= 11 is 0. The van der Waals surface area contributed by atoms with Crippen molar-refractivity contribution in [3.63, 3.8) is 0 Å². The summed E-state index contributed by atoms with van der Waals surface area (Å²) in [5, 5.41) is 16.3. The highest BCUT2D eigenvalue weighted by Crippen LogP contribution is 2.37. The van der Waals surface area contributed by atoms with Crippen LogP contribution in [0.5, 0.6) is 0 Å². The van der Waals surface area contributed by atoms with E-state index in [1.54, 1.807) is 6.92 Å². The third kappa shape index (κ3) is 3.87. The number of hydrogen-bond donors (Lipinski definition) is 2. The molecular weight excluding hydrogens is 405 g/mol. The van der Waals surface area contributed by atoms with Crippen LogP contribution in [0.25, 0.3) is 5.69 Å². The molecule has 2 N–H and O–H groups in total. The highest BCUT2D eigenvalue weighted by molar-refractivity contribution is 6.10. The molecule has 2 aliphatic rings. The van der Waals surface area contributed by atoms with E-state index in [1.807, 2.05) is 0 Å². The maximum absolute atomic E-state index is 14.2. The summed E-state index contributed by atoms with van der Waals surface area (Å²) in [6.45, 7) is 3.32. The van der Waals surface area contributed by atoms with Crippen molar-refractivity contribution in [3.8, 4) is 5.69 Å². The van der Waals surface area contributed by atoms with Crippen molar-refractivity contribution >= 4 is 23.5 Å². The van der Waals surface area contributed by atoms with Crippen LogP contribution in [0.1, 0.15) is 44.9 Å². The first-order valence-electron chi connectivity index (χ1n) is 10.3. The quantitative estimate of drug-likeness (QED) is 0.701. The molecule has 10 nitrogen and oxygen atoms in total. The van der Waals surface area contributed by atoms with Crippen LogP contribution in [-0.2, 0) is 9.59 Å². The number of hydrogen-bond acceptors (Lipinski definition) is 6. The maximum atomic E-state index is 14.2. The molecule has 4 amide bonds. The Morgan fingerprint density at radius 2 is 2.06 bits per heavy atom. The number of aryl methyl sites for hydroxylation is 1. The molecule has 0 unspecified atom stereocenters. The number of carbonyl (C=O) groups excluding carboxylic acids is 3. The van der Waals surface area contributed by atoms with Crippen molar-refractivity contribution < 1.29 is 18.8 Å². The Labute approximate surface area is 178 Å². The lowest BCUT2D eigenvalue weighted by atomic mass is 9.75. The van der Waals surface area contributed by atoms with Crippen molar-refractivity contribution in [3.05, 3.63) is 29.8 Å². The fourth-order valence-electron chi connectivity index (χ4n) is 4.29. The molecule has 1 aliphatic carbocycles. The molecule has 0 atom stereocenters. The van der Waals surface area contributed by atoms with Crippen LogP contribution in [0.15, 0.2) is 18.2 Å². The van der Waals surface area contributed by atoms with Crippen molar-refractivity contribution in [2.75, 3.05) is 11.9 Å². The number of amides is 4. The molecule has 0 bridgehead atoms. The van der Waals surface area contributed by atoms with E-state index in [2.05, 4.69) is 33.1 Å². The second kappa shape index (κ2) is 8.05. The number of carbonyl (C=O) groups is 3. The minimum Gasteiger partial charge on any atom is -0.324 e. The zero-order valence-electron chi connectivity index (χ0n) is 17.4. The van der Waals surface area contributed by atoms with Gasteiger partial charge in [-0.05, 0) is 67.2 Å². The largest absolute Gasteiger partial charge is 0.325 e. The van der Waals surface area contributed by atoms with E-state index in [1.165, 1.54) is 22.9 Å². The number of nitrogens with one attached hydrogen (secondary N) is 2. The molecule has 31 heavy (non-hydrogen) atoms. The van der Waals surface area contributed by atoms with Gasteiger partial charge in [-0.2, -0.15) is 4.68 Å². The van der Waals surface area contributed by atoms with Gasteiger partial charge in [-0.15, -0.1) is 5.10 Å². The number of halogens is 1. The molecule has 1 spiro atoms. The monoisotopic (exact) mass is 429 g/mol. The number of aromatic nitrogens is 4. The van der Waals surface area contributed by atoms with E-state index in [0.717, 1.165) is 24.2 Å². The van der Waals surface area contributed by atoms with E-state index >= 15 is 0 Å². The van der Waals surface area contributed by atoms with Gasteiger partial charge in [0.15, 0.2) is 5.82 Å². The summed E-state index contributed by atoms with van der Waals surface area (Å²) in [4.78, 5) is 38.9. The minimum absolute atomic E-state index is 0.0712. The minimum atomic E-state index is -0.899. The van der Waals surface area contributed by atoms with E-state index in [-0.39, 0.29) is 11.6 Å². The van der Waals surface area contributed by atoms with Gasteiger partial charge >= 0.3 is 6.03 Å². The van der Waals surface area contributed by atoms with Crippen molar-refractivity contribution in [1.82, 2.24) is 30.4 Å². The molecule has 164 valence electrons. The van der Waals surface area contributed by atoms with Gasteiger partial charge in [0, 0.05) is 5.69 Å². The first kappa shape index (κ1) is 20.9. The van der Waals surface area contributed by atoms with Gasteiger partial charge in [0.25, 0.3) is 5.91 Å². The number of imide groups is 1. The van der Waals surface area contributed by atoms with Crippen LogP contribution < -0.4 is 10.6 Å². The van der Waals surface area contributed by atoms with Crippen molar-refractivity contribution in [2.45, 2.75) is 51.5 Å². The van der Waals surface area contributed by atoms with Crippen molar-refractivity contribution in [1.29, 1.82) is 0 Å². The Hall–Kier alpha value is -3.37. The third-order valence-corrected chi connectivity index (χ3v) is 6.17. The van der Waals surface area contributed by atoms with Crippen molar-refractivity contribution in [2.24, 2.45) is 5.92 Å². The standard InChI is InChI=1S/C20H24FN7O3/c1-3-13-6-8-20(9-7-13)18(30)27(19(31)23-20)11-17(29)22-14-4-5-15(21)16(10-14)28-12(2)24-25-26-28/h4-5,10,13H,3,6-9,11H2,1-2H3,(H,22,29)(H,23,31). The number of urea groups is 1. The normalized spacial score (nSPS) is 23.3. The number of rotatable bonds is 5. The molecule has 2 heterocycles. The predicted molar refractivity (Wildman–Crippen MR) is 108 cm³/mol. The van der Waals surface area contributed by atoms with Gasteiger partial charge in [-0.1, -0.05) is 13.3 Å². The number of tetrazole rings is 1. The average Bonchev–Trinajstić information content (AvgIpc) is 3.27. The molecule has 4 rings (SSSR count). The van der Waals surface area contributed by atoms with Crippen LogP contribution in [0.2, 0.25) is 0 Å². The Bertz CT molecular complexity index is 1030. The Kier molecular flexibility index (Phi) is 5.42. The Morgan fingerprint density at radius 1 is 1.32 bits per heavy atom. The topological polar surface area (TPSA) is 122 Å². The van der Waals surface area contributed by atoms with E-state index in [0.29, 0.717) is 30.3 Å². The van der Waals surface area contributed by atoms with Gasteiger partial charge < -0.3 is 10.6 Å². The fraction of sp³-hybridized carbons (Fsp3) is 0.500. The summed E-state index contributed by atoms with van der Waals surface area (Å²) in [6, 6.07) is 3.39. The Balaban J connectivity index is 1.44. The lowest BCUT2D eigenvalue weighted by Gasteiger charge is -2.34. The lowest BCUT2D eigenvalue weighted by Crippen LogP contribution is -2.49. The second-order valence-corrected chi connectivity index (χ2v) is 8.11. The number of nitrogens with zero attached hydrogens (tertiary/aromatic N) is 5.